The number of nitrogens with one attached hydrogen (secondary N) is 1. The van der Waals surface area contributed by atoms with Crippen LogP contribution in [-0.4, -0.2) is 16.0 Å². The number of anilines is 2. The van der Waals surface area contributed by atoms with E-state index in [4.69, 9.17) is 23.2 Å². The number of rotatable bonds is 3. The lowest BCUT2D eigenvalue weighted by Crippen LogP contribution is -2.22. The minimum absolute atomic E-state index is 0.242. The summed E-state index contributed by atoms with van der Waals surface area (Å²) in [6.45, 7) is 0. The predicted octanol–water partition coefficient (Wildman–Crippen LogP) is 4.02. The number of aromatic nitrogens is 1. The van der Waals surface area contributed by atoms with E-state index in [1.54, 1.807) is 36.4 Å². The van der Waals surface area contributed by atoms with Crippen molar-refractivity contribution in [2.75, 3.05) is 5.32 Å². The quantitative estimate of drug-likeness (QED) is 0.608. The first-order valence-electron chi connectivity index (χ1n) is 7.27. The first-order valence-corrected chi connectivity index (χ1v) is 9.64. The molecule has 0 saturated carbocycles. The van der Waals surface area contributed by atoms with Crippen molar-refractivity contribution >= 4 is 72.8 Å². The first kappa shape index (κ1) is 17.5. The Morgan fingerprint density at radius 3 is 2.73 bits per heavy atom. The maximum atomic E-state index is 12.3. The highest BCUT2D eigenvalue weighted by molar-refractivity contribution is 9.10. The molecule has 0 saturated heterocycles. The van der Waals surface area contributed by atoms with Crippen molar-refractivity contribution in [3.63, 3.8) is 0 Å². The van der Waals surface area contributed by atoms with Gasteiger partial charge in [0.2, 0.25) is 5.88 Å². The molecule has 1 aliphatic heterocycles. The molecule has 0 radical (unpaired) electrons. The van der Waals surface area contributed by atoms with Crippen LogP contribution in [0, 0.1) is 0 Å². The molecule has 1 amide bonds. The Labute approximate surface area is 169 Å². The summed E-state index contributed by atoms with van der Waals surface area (Å²) in [4.78, 5) is 20.8. The monoisotopic (exact) mass is 467 g/mol. The van der Waals surface area contributed by atoms with Crippen LogP contribution in [0.3, 0.4) is 0 Å². The van der Waals surface area contributed by atoms with E-state index in [1.165, 1.54) is 0 Å². The van der Waals surface area contributed by atoms with E-state index in [9.17, 15) is 9.90 Å². The largest absolute Gasteiger partial charge is 0.492 e. The highest BCUT2D eigenvalue weighted by atomic mass is 79.9. The number of carbonyl (C=O) groups is 1. The molecule has 3 aromatic rings. The number of carbonyl (C=O) groups excluding carboxylic acids is 1. The molecule has 1 aromatic heterocycles. The van der Waals surface area contributed by atoms with Gasteiger partial charge in [-0.1, -0.05) is 50.5 Å². The van der Waals surface area contributed by atoms with Crippen molar-refractivity contribution in [3.05, 3.63) is 66.4 Å². The summed E-state index contributed by atoms with van der Waals surface area (Å²) < 4.78 is 0.814. The fourth-order valence-corrected chi connectivity index (χ4v) is 4.28. The molecule has 0 atom stereocenters. The van der Waals surface area contributed by atoms with Crippen molar-refractivity contribution in [2.45, 2.75) is 0 Å². The average molecular weight is 469 g/mol. The van der Waals surface area contributed by atoms with Gasteiger partial charge in [-0.15, -0.1) is 0 Å². The van der Waals surface area contributed by atoms with Crippen molar-refractivity contribution < 1.29 is 9.90 Å². The molecule has 0 fully saturated rings. The van der Waals surface area contributed by atoms with Crippen LogP contribution in [0.1, 0.15) is 4.88 Å². The second-order valence-corrected chi connectivity index (χ2v) is 8.13. The zero-order chi connectivity index (χ0) is 18.4. The van der Waals surface area contributed by atoms with Gasteiger partial charge in [-0.2, -0.15) is 4.98 Å². The van der Waals surface area contributed by atoms with E-state index in [0.29, 0.717) is 41.9 Å². The summed E-state index contributed by atoms with van der Waals surface area (Å²) in [5.74, 6) is -0.651. The molecule has 2 aromatic carbocycles. The molecule has 0 spiro atoms. The second-order valence-electron chi connectivity index (χ2n) is 5.37. The van der Waals surface area contributed by atoms with E-state index in [0.717, 1.165) is 15.8 Å². The van der Waals surface area contributed by atoms with Crippen LogP contribution in [0.5, 0.6) is 5.88 Å². The van der Waals surface area contributed by atoms with Crippen molar-refractivity contribution in [1.82, 2.24) is 4.98 Å². The number of aromatic hydroxyl groups is 1. The van der Waals surface area contributed by atoms with Gasteiger partial charge < -0.3 is 10.4 Å². The number of hydrogen-bond donors (Lipinski definition) is 2. The Bertz CT molecular complexity index is 1190. The van der Waals surface area contributed by atoms with Gasteiger partial charge in [-0.05, 0) is 36.4 Å². The lowest BCUT2D eigenvalue weighted by atomic mass is 10.1. The number of fused-ring (bicyclic) bond motifs is 1. The van der Waals surface area contributed by atoms with E-state index in [1.807, 2.05) is 0 Å². The third-order valence-electron chi connectivity index (χ3n) is 3.67. The Hall–Kier alpha value is -1.93. The lowest BCUT2D eigenvalue weighted by Gasteiger charge is -2.04. The Morgan fingerprint density at radius 2 is 1.96 bits per heavy atom. The fraction of sp³-hybridized carbons (Fsp3) is 0. The third-order valence-corrected chi connectivity index (χ3v) is 5.69. The molecule has 130 valence electrons. The van der Waals surface area contributed by atoms with Crippen LogP contribution >= 0.6 is 50.5 Å². The molecule has 0 aliphatic carbocycles. The minimum Gasteiger partial charge on any atom is -0.492 e. The fourth-order valence-electron chi connectivity index (χ4n) is 2.54. The van der Waals surface area contributed by atoms with Gasteiger partial charge in [0.1, 0.15) is 4.88 Å². The molecular weight excluding hydrogens is 461 g/mol. The standard InChI is InChI=1S/C17H8BrCl2N3O2S/c18-7-1-3-11-9(5-7)13(15(24)21-11)14-16(25)23-17(26-14)22-12-4-2-8(19)6-10(12)20/h1-6,25H,(H,22,23). The molecule has 2 N–H and O–H groups in total. The second kappa shape index (κ2) is 6.66. The number of halogens is 3. The summed E-state index contributed by atoms with van der Waals surface area (Å²) in [5.41, 5.74) is 0.915. The molecule has 2 heterocycles. The molecule has 0 bridgehead atoms. The first-order chi connectivity index (χ1) is 12.4. The SMILES string of the molecule is O=C1N=c2ccc(Br)cc2=C1c1sc(Nc2ccc(Cl)cc2Cl)nc1O. The van der Waals surface area contributed by atoms with Crippen LogP contribution in [0.25, 0.3) is 5.57 Å². The molecule has 1 aliphatic rings. The summed E-state index contributed by atoms with van der Waals surface area (Å²) in [5, 5.41) is 15.8. The van der Waals surface area contributed by atoms with E-state index < -0.39 is 5.91 Å². The number of nitrogens with zero attached hydrogens (tertiary/aromatic N) is 2. The molecule has 9 heteroatoms. The lowest BCUT2D eigenvalue weighted by molar-refractivity contribution is -0.112. The maximum absolute atomic E-state index is 12.3. The van der Waals surface area contributed by atoms with Crippen molar-refractivity contribution in [2.24, 2.45) is 4.99 Å². The number of amides is 1. The topological polar surface area (TPSA) is 74.6 Å². The number of thiazole rings is 1. The van der Waals surface area contributed by atoms with Crippen LogP contribution in [0.15, 0.2) is 45.9 Å². The van der Waals surface area contributed by atoms with Gasteiger partial charge in [0.15, 0.2) is 5.13 Å². The van der Waals surface area contributed by atoms with Crippen LogP contribution in [0.2, 0.25) is 10.0 Å². The van der Waals surface area contributed by atoms with E-state index in [-0.39, 0.29) is 5.88 Å². The summed E-state index contributed by atoms with van der Waals surface area (Å²) >= 11 is 16.6. The van der Waals surface area contributed by atoms with Crippen molar-refractivity contribution in [3.8, 4) is 5.88 Å². The van der Waals surface area contributed by atoms with Gasteiger partial charge in [0.05, 0.1) is 21.6 Å². The zero-order valence-corrected chi connectivity index (χ0v) is 16.7. The molecular formula is C17H8BrCl2N3O2S. The minimum atomic E-state index is -0.409. The summed E-state index contributed by atoms with van der Waals surface area (Å²) in [6.07, 6.45) is 0. The molecule has 0 unspecified atom stereocenters. The Morgan fingerprint density at radius 1 is 1.15 bits per heavy atom. The van der Waals surface area contributed by atoms with Gasteiger partial charge in [0, 0.05) is 14.7 Å². The van der Waals surface area contributed by atoms with Gasteiger partial charge in [-0.3, -0.25) is 4.79 Å². The number of benzene rings is 2. The van der Waals surface area contributed by atoms with E-state index >= 15 is 0 Å². The Kier molecular flexibility index (Phi) is 4.48. The smallest absolute Gasteiger partial charge is 0.279 e. The van der Waals surface area contributed by atoms with Crippen LogP contribution in [-0.2, 0) is 4.79 Å². The molecule has 26 heavy (non-hydrogen) atoms. The van der Waals surface area contributed by atoms with Crippen LogP contribution < -0.4 is 15.9 Å². The zero-order valence-electron chi connectivity index (χ0n) is 12.8. The van der Waals surface area contributed by atoms with Gasteiger partial charge in [0.25, 0.3) is 5.91 Å². The highest BCUT2D eigenvalue weighted by Crippen LogP contribution is 2.37. The van der Waals surface area contributed by atoms with Crippen molar-refractivity contribution in [1.29, 1.82) is 0 Å². The highest BCUT2D eigenvalue weighted by Gasteiger charge is 2.25. The van der Waals surface area contributed by atoms with E-state index in [2.05, 4.69) is 31.2 Å². The summed E-state index contributed by atoms with van der Waals surface area (Å²) in [7, 11) is 0. The van der Waals surface area contributed by atoms with Gasteiger partial charge >= 0.3 is 0 Å². The average Bonchev–Trinajstić information content (AvgIpc) is 3.08. The molecule has 5 nitrogen and oxygen atoms in total. The van der Waals surface area contributed by atoms with Gasteiger partial charge in [-0.25, -0.2) is 4.99 Å². The normalized spacial score (nSPS) is 12.9. The predicted molar refractivity (Wildman–Crippen MR) is 106 cm³/mol. The van der Waals surface area contributed by atoms with Crippen LogP contribution in [0.4, 0.5) is 10.8 Å². The number of hydrogen-bond acceptors (Lipinski definition) is 5. The third kappa shape index (κ3) is 3.12. The maximum Gasteiger partial charge on any atom is 0.279 e. The Balaban J connectivity index is 1.79. The molecule has 4 rings (SSSR count). The summed E-state index contributed by atoms with van der Waals surface area (Å²) in [6, 6.07) is 10.3.